The van der Waals surface area contributed by atoms with Gasteiger partial charge < -0.3 is 9.88 Å². The van der Waals surface area contributed by atoms with Gasteiger partial charge in [0, 0.05) is 38.4 Å². The first-order valence-corrected chi connectivity index (χ1v) is 9.26. The van der Waals surface area contributed by atoms with Crippen LogP contribution in [0.4, 0.5) is 5.82 Å². The van der Waals surface area contributed by atoms with E-state index < -0.39 is 0 Å². The van der Waals surface area contributed by atoms with Crippen LogP contribution in [0.1, 0.15) is 26.7 Å². The highest BCUT2D eigenvalue weighted by molar-refractivity contribution is 5.87. The Bertz CT molecular complexity index is 819. The van der Waals surface area contributed by atoms with E-state index in [2.05, 4.69) is 70.5 Å². The zero-order valence-corrected chi connectivity index (χ0v) is 16.1. The van der Waals surface area contributed by atoms with Crippen LogP contribution in [0.2, 0.25) is 0 Å². The highest BCUT2D eigenvalue weighted by Crippen LogP contribution is 2.35. The fourth-order valence-electron chi connectivity index (χ4n) is 3.63. The molecule has 1 saturated heterocycles. The molecule has 1 N–H and O–H groups in total. The zero-order chi connectivity index (χ0) is 18.6. The van der Waals surface area contributed by atoms with Crippen LogP contribution >= 0.6 is 0 Å². The second-order valence-electron chi connectivity index (χ2n) is 7.25. The maximum atomic E-state index is 4.49. The highest BCUT2D eigenvalue weighted by Gasteiger charge is 2.39. The maximum absolute atomic E-state index is 4.49. The maximum Gasteiger partial charge on any atom is 0.142 e. The second-order valence-corrected chi connectivity index (χ2v) is 7.25. The van der Waals surface area contributed by atoms with Gasteiger partial charge in [0.05, 0.1) is 5.39 Å². The van der Waals surface area contributed by atoms with Crippen LogP contribution in [-0.2, 0) is 0 Å². The number of nitrogens with one attached hydrogen (secondary N) is 1. The Balaban J connectivity index is 1.64. The Labute approximate surface area is 156 Å². The molecule has 1 fully saturated rings. The predicted molar refractivity (Wildman–Crippen MR) is 109 cm³/mol. The SMILES string of the molecule is C=C/C=C(\C=C/C)CN1CC[C@@]1(C)CCN(C)c1ncnc2[nH]ccc12. The molecule has 0 aromatic carbocycles. The monoisotopic (exact) mass is 351 g/mol. The predicted octanol–water partition coefficient (Wildman–Crippen LogP) is 3.94. The minimum atomic E-state index is 0.237. The van der Waals surface area contributed by atoms with Gasteiger partial charge in [-0.3, -0.25) is 4.90 Å². The fourth-order valence-corrected chi connectivity index (χ4v) is 3.63. The van der Waals surface area contributed by atoms with Crippen molar-refractivity contribution < 1.29 is 0 Å². The van der Waals surface area contributed by atoms with Gasteiger partial charge in [0.2, 0.25) is 0 Å². The summed E-state index contributed by atoms with van der Waals surface area (Å²) in [5, 5.41) is 1.08. The number of hydrogen-bond donors (Lipinski definition) is 1. The molecule has 2 aromatic rings. The zero-order valence-electron chi connectivity index (χ0n) is 16.1. The molecule has 2 aromatic heterocycles. The van der Waals surface area contributed by atoms with E-state index in [1.165, 1.54) is 12.0 Å². The molecule has 5 nitrogen and oxygen atoms in total. The van der Waals surface area contributed by atoms with Crippen molar-refractivity contribution in [3.63, 3.8) is 0 Å². The molecule has 1 atom stereocenters. The topological polar surface area (TPSA) is 48.1 Å². The third-order valence-electron chi connectivity index (χ3n) is 5.45. The standard InChI is InChI=1S/C21H29N5/c1-5-7-17(8-6-2)15-26-14-11-21(26,3)10-13-25(4)20-18-9-12-22-19(18)23-16-24-20/h5-9,12,16H,1,10-11,13-15H2,2-4H3,(H,22,23,24)/b8-6-,17-7+/t21-/m1/s1. The van der Waals surface area contributed by atoms with Crippen molar-refractivity contribution >= 4 is 16.9 Å². The van der Waals surface area contributed by atoms with Crippen LogP contribution in [0.25, 0.3) is 11.0 Å². The van der Waals surface area contributed by atoms with Crippen LogP contribution in [0.15, 0.2) is 55.0 Å². The van der Waals surface area contributed by atoms with Crippen molar-refractivity contribution in [1.29, 1.82) is 0 Å². The van der Waals surface area contributed by atoms with E-state index in [0.29, 0.717) is 0 Å². The molecule has 0 radical (unpaired) electrons. The Morgan fingerprint density at radius 2 is 2.31 bits per heavy atom. The summed E-state index contributed by atoms with van der Waals surface area (Å²) in [5.41, 5.74) is 2.44. The van der Waals surface area contributed by atoms with Gasteiger partial charge >= 0.3 is 0 Å². The number of hydrogen-bond acceptors (Lipinski definition) is 4. The summed E-state index contributed by atoms with van der Waals surface area (Å²) in [5.74, 6) is 0.992. The normalized spacial score (nSPS) is 21.3. The third-order valence-corrected chi connectivity index (χ3v) is 5.45. The van der Waals surface area contributed by atoms with Crippen LogP contribution in [0.3, 0.4) is 0 Å². The van der Waals surface area contributed by atoms with Gasteiger partial charge in [-0.25, -0.2) is 9.97 Å². The minimum absolute atomic E-state index is 0.237. The quantitative estimate of drug-likeness (QED) is 0.732. The molecule has 0 spiro atoms. The van der Waals surface area contributed by atoms with Crippen LogP contribution < -0.4 is 4.90 Å². The number of fused-ring (bicyclic) bond motifs is 1. The molecule has 1 aliphatic heterocycles. The summed E-state index contributed by atoms with van der Waals surface area (Å²) >= 11 is 0. The molecule has 26 heavy (non-hydrogen) atoms. The Kier molecular flexibility index (Phi) is 5.57. The lowest BCUT2D eigenvalue weighted by atomic mass is 9.82. The molecule has 0 saturated carbocycles. The van der Waals surface area contributed by atoms with Crippen molar-refractivity contribution in [1.82, 2.24) is 19.9 Å². The molecular formula is C21H29N5. The second kappa shape index (κ2) is 7.87. The largest absolute Gasteiger partial charge is 0.359 e. The van der Waals surface area contributed by atoms with Crippen molar-refractivity contribution in [2.24, 2.45) is 0 Å². The van der Waals surface area contributed by atoms with Crippen LogP contribution in [-0.4, -0.2) is 52.1 Å². The van der Waals surface area contributed by atoms with Crippen molar-refractivity contribution in [3.8, 4) is 0 Å². The molecule has 0 aliphatic carbocycles. The Morgan fingerprint density at radius 3 is 3.00 bits per heavy atom. The van der Waals surface area contributed by atoms with Gasteiger partial charge in [0.15, 0.2) is 0 Å². The van der Waals surface area contributed by atoms with Crippen LogP contribution in [0.5, 0.6) is 0 Å². The number of allylic oxidation sites excluding steroid dienone is 3. The first kappa shape index (κ1) is 18.4. The molecule has 138 valence electrons. The van der Waals surface area contributed by atoms with Gasteiger partial charge in [0.1, 0.15) is 17.8 Å². The van der Waals surface area contributed by atoms with E-state index in [-0.39, 0.29) is 5.54 Å². The van der Waals surface area contributed by atoms with Crippen molar-refractivity contribution in [3.05, 3.63) is 55.0 Å². The lowest BCUT2D eigenvalue weighted by Crippen LogP contribution is -2.59. The average Bonchev–Trinajstić information content (AvgIpc) is 3.12. The number of H-pyrrole nitrogens is 1. The molecule has 0 unspecified atom stereocenters. The van der Waals surface area contributed by atoms with Gasteiger partial charge in [-0.05, 0) is 38.3 Å². The summed E-state index contributed by atoms with van der Waals surface area (Å²) < 4.78 is 0. The number of anilines is 1. The van der Waals surface area contributed by atoms with E-state index in [9.17, 15) is 0 Å². The number of rotatable bonds is 8. The number of nitrogens with zero attached hydrogens (tertiary/aromatic N) is 4. The summed E-state index contributed by atoms with van der Waals surface area (Å²) in [7, 11) is 2.12. The third kappa shape index (κ3) is 3.73. The summed E-state index contributed by atoms with van der Waals surface area (Å²) in [4.78, 5) is 16.7. The molecule has 1 aliphatic rings. The number of aromatic amines is 1. The fraction of sp³-hybridized carbons (Fsp3) is 0.429. The summed E-state index contributed by atoms with van der Waals surface area (Å²) in [6.45, 7) is 11.4. The van der Waals surface area contributed by atoms with E-state index in [1.54, 1.807) is 6.33 Å². The summed E-state index contributed by atoms with van der Waals surface area (Å²) in [6.07, 6.45) is 14.1. The lowest BCUT2D eigenvalue weighted by molar-refractivity contribution is 0.00512. The summed E-state index contributed by atoms with van der Waals surface area (Å²) in [6, 6.07) is 2.04. The average molecular weight is 351 g/mol. The minimum Gasteiger partial charge on any atom is -0.359 e. The van der Waals surface area contributed by atoms with E-state index in [0.717, 1.165) is 42.9 Å². The van der Waals surface area contributed by atoms with E-state index in [1.807, 2.05) is 18.3 Å². The van der Waals surface area contributed by atoms with Gasteiger partial charge in [0.25, 0.3) is 0 Å². The molecule has 5 heteroatoms. The first-order valence-electron chi connectivity index (χ1n) is 9.26. The molecule has 0 bridgehead atoms. The van der Waals surface area contributed by atoms with Gasteiger partial charge in [-0.15, -0.1) is 0 Å². The van der Waals surface area contributed by atoms with Crippen LogP contribution in [0, 0.1) is 0 Å². The van der Waals surface area contributed by atoms with Gasteiger partial charge in [-0.2, -0.15) is 0 Å². The number of aromatic nitrogens is 3. The van der Waals surface area contributed by atoms with Crippen molar-refractivity contribution in [2.75, 3.05) is 31.6 Å². The van der Waals surface area contributed by atoms with Gasteiger partial charge in [-0.1, -0.05) is 30.9 Å². The Morgan fingerprint density at radius 1 is 1.46 bits per heavy atom. The Hall–Kier alpha value is -2.40. The highest BCUT2D eigenvalue weighted by atomic mass is 15.3. The lowest BCUT2D eigenvalue weighted by Gasteiger charge is -2.51. The van der Waals surface area contributed by atoms with E-state index in [4.69, 9.17) is 0 Å². The molecule has 3 rings (SSSR count). The van der Waals surface area contributed by atoms with Crippen molar-refractivity contribution in [2.45, 2.75) is 32.2 Å². The molecule has 3 heterocycles. The smallest absolute Gasteiger partial charge is 0.142 e. The molecule has 0 amide bonds. The first-order chi connectivity index (χ1) is 12.6. The number of likely N-dealkylation sites (tertiary alicyclic amines) is 1. The van der Waals surface area contributed by atoms with E-state index >= 15 is 0 Å². The molecular weight excluding hydrogens is 322 g/mol.